The minimum atomic E-state index is -4.82. The highest BCUT2D eigenvalue weighted by Crippen LogP contribution is 2.42. The van der Waals surface area contributed by atoms with E-state index in [4.69, 9.17) is 22.1 Å². The van der Waals surface area contributed by atoms with Crippen LogP contribution in [0.15, 0.2) is 29.4 Å². The summed E-state index contributed by atoms with van der Waals surface area (Å²) in [6.07, 6.45) is -6.85. The molecule has 32 heavy (non-hydrogen) atoms. The van der Waals surface area contributed by atoms with Crippen molar-refractivity contribution in [2.75, 3.05) is 12.4 Å². The van der Waals surface area contributed by atoms with E-state index >= 15 is 0 Å². The minimum absolute atomic E-state index is 0.0774. The Morgan fingerprint density at radius 1 is 1.34 bits per heavy atom. The Kier molecular flexibility index (Phi) is 6.18. The van der Waals surface area contributed by atoms with Crippen molar-refractivity contribution < 1.29 is 36.2 Å². The summed E-state index contributed by atoms with van der Waals surface area (Å²) in [7, 11) is 1.37. The lowest BCUT2D eigenvalue weighted by molar-refractivity contribution is -0.208. The molecule has 7 nitrogen and oxygen atoms in total. The van der Waals surface area contributed by atoms with Crippen LogP contribution in [0.4, 0.5) is 27.6 Å². The van der Waals surface area contributed by atoms with Crippen molar-refractivity contribution in [3.8, 4) is 5.75 Å². The Bertz CT molecular complexity index is 1100. The van der Waals surface area contributed by atoms with Crippen LogP contribution in [-0.4, -0.2) is 36.3 Å². The number of nitrogens with one attached hydrogen (secondary N) is 1. The van der Waals surface area contributed by atoms with E-state index in [-0.39, 0.29) is 22.2 Å². The Labute approximate surface area is 183 Å². The minimum Gasteiger partial charge on any atom is -0.495 e. The van der Waals surface area contributed by atoms with Gasteiger partial charge in [-0.15, -0.1) is 0 Å². The third-order valence-corrected chi connectivity index (χ3v) is 4.99. The average molecular weight is 479 g/mol. The van der Waals surface area contributed by atoms with Gasteiger partial charge in [-0.2, -0.15) is 13.2 Å². The van der Waals surface area contributed by atoms with Crippen LogP contribution < -0.4 is 15.8 Å². The number of amides is 1. The van der Waals surface area contributed by atoms with Gasteiger partial charge < -0.3 is 20.5 Å². The molecular formula is C19H16ClF5N4O3. The maximum Gasteiger partial charge on any atom is 0.425 e. The molecule has 0 saturated heterocycles. The standard InChI is InChI=1S/C19H16ClF5N4O3/c1-18(6-13(19(23,24)25)32-17(26)29-18)10-3-8(4-12(21)14(10)22)28-16(30)15-11(20)5-9(31-2)7-27-15/h3-5,7,13H,6H2,1-2H3,(H2,26,29)(H,28,30)/t13-,18+/m0/s1. The van der Waals surface area contributed by atoms with E-state index in [1.807, 2.05) is 0 Å². The zero-order valence-electron chi connectivity index (χ0n) is 16.6. The third kappa shape index (κ3) is 4.69. The third-order valence-electron chi connectivity index (χ3n) is 4.70. The van der Waals surface area contributed by atoms with E-state index in [0.717, 1.165) is 13.0 Å². The highest BCUT2D eigenvalue weighted by Gasteiger charge is 2.50. The van der Waals surface area contributed by atoms with Crippen LogP contribution in [-0.2, 0) is 10.3 Å². The van der Waals surface area contributed by atoms with E-state index in [9.17, 15) is 26.7 Å². The second-order valence-electron chi connectivity index (χ2n) is 7.06. The number of benzene rings is 1. The number of hydrogen-bond donors (Lipinski definition) is 2. The number of anilines is 1. The zero-order valence-corrected chi connectivity index (χ0v) is 17.3. The zero-order chi connectivity index (χ0) is 23.8. The lowest BCUT2D eigenvalue weighted by Crippen LogP contribution is -2.46. The maximum atomic E-state index is 14.6. The lowest BCUT2D eigenvalue weighted by Gasteiger charge is -2.36. The molecular weight excluding hydrogens is 463 g/mol. The number of nitrogens with zero attached hydrogens (tertiary/aromatic N) is 2. The predicted molar refractivity (Wildman–Crippen MR) is 105 cm³/mol. The van der Waals surface area contributed by atoms with E-state index in [0.29, 0.717) is 6.07 Å². The molecule has 3 N–H and O–H groups in total. The summed E-state index contributed by atoms with van der Waals surface area (Å²) in [6, 6.07) is 2.11. The van der Waals surface area contributed by atoms with Crippen molar-refractivity contribution in [2.24, 2.45) is 10.7 Å². The first-order valence-electron chi connectivity index (χ1n) is 8.93. The van der Waals surface area contributed by atoms with Crippen LogP contribution in [0.25, 0.3) is 0 Å². The fraction of sp³-hybridized carbons (Fsp3) is 0.316. The van der Waals surface area contributed by atoms with Crippen LogP contribution in [0.1, 0.15) is 29.4 Å². The average Bonchev–Trinajstić information content (AvgIpc) is 2.68. The first-order valence-corrected chi connectivity index (χ1v) is 9.31. The summed E-state index contributed by atoms with van der Waals surface area (Å²) in [6.45, 7) is 1.15. The number of methoxy groups -OCH3 is 1. The van der Waals surface area contributed by atoms with Gasteiger partial charge in [0.25, 0.3) is 11.9 Å². The molecule has 1 amide bonds. The molecule has 2 heterocycles. The van der Waals surface area contributed by atoms with Crippen LogP contribution in [0.3, 0.4) is 0 Å². The maximum absolute atomic E-state index is 14.6. The first kappa shape index (κ1) is 23.5. The van der Waals surface area contributed by atoms with E-state index in [1.165, 1.54) is 19.4 Å². The van der Waals surface area contributed by atoms with Crippen molar-refractivity contribution >= 4 is 29.2 Å². The Balaban J connectivity index is 1.98. The number of aromatic nitrogens is 1. The smallest absolute Gasteiger partial charge is 0.425 e. The largest absolute Gasteiger partial charge is 0.495 e. The predicted octanol–water partition coefficient (Wildman–Crippen LogP) is 4.16. The molecule has 0 bridgehead atoms. The number of amidine groups is 1. The van der Waals surface area contributed by atoms with Crippen molar-refractivity contribution in [1.29, 1.82) is 0 Å². The van der Waals surface area contributed by atoms with Crippen molar-refractivity contribution in [3.63, 3.8) is 0 Å². The normalized spacial score (nSPS) is 20.9. The number of carbonyl (C=O) groups is 1. The van der Waals surface area contributed by atoms with Crippen LogP contribution in [0.2, 0.25) is 5.02 Å². The van der Waals surface area contributed by atoms with Gasteiger partial charge in [0.2, 0.25) is 0 Å². The lowest BCUT2D eigenvalue weighted by atomic mass is 9.85. The van der Waals surface area contributed by atoms with Gasteiger partial charge >= 0.3 is 6.18 Å². The second kappa shape index (κ2) is 8.41. The van der Waals surface area contributed by atoms with E-state index < -0.39 is 53.4 Å². The van der Waals surface area contributed by atoms with Crippen molar-refractivity contribution in [1.82, 2.24) is 4.98 Å². The summed E-state index contributed by atoms with van der Waals surface area (Å²) in [5.74, 6) is -3.45. The molecule has 1 aliphatic heterocycles. The second-order valence-corrected chi connectivity index (χ2v) is 7.46. The Morgan fingerprint density at radius 3 is 2.62 bits per heavy atom. The number of pyridine rings is 1. The monoisotopic (exact) mass is 478 g/mol. The molecule has 13 heteroatoms. The van der Waals surface area contributed by atoms with Gasteiger partial charge in [-0.25, -0.2) is 18.8 Å². The van der Waals surface area contributed by atoms with E-state index in [2.05, 4.69) is 20.0 Å². The van der Waals surface area contributed by atoms with Gasteiger partial charge in [-0.3, -0.25) is 4.79 Å². The first-order chi connectivity index (χ1) is 14.8. The highest BCUT2D eigenvalue weighted by molar-refractivity contribution is 6.34. The van der Waals surface area contributed by atoms with Crippen LogP contribution in [0, 0.1) is 11.6 Å². The quantitative estimate of drug-likeness (QED) is 0.643. The summed E-state index contributed by atoms with van der Waals surface area (Å²) in [5.41, 5.74) is 2.38. The number of nitrogens with two attached hydrogens (primary N) is 1. The molecule has 0 radical (unpaired) electrons. The summed E-state index contributed by atoms with van der Waals surface area (Å²) in [4.78, 5) is 20.1. The van der Waals surface area contributed by atoms with Gasteiger partial charge in [0.05, 0.1) is 23.9 Å². The van der Waals surface area contributed by atoms with Gasteiger partial charge in [0.15, 0.2) is 17.7 Å². The highest BCUT2D eigenvalue weighted by atomic mass is 35.5. The Morgan fingerprint density at radius 2 is 2.03 bits per heavy atom. The number of carbonyl (C=O) groups excluding carboxylic acids is 1. The Hall–Kier alpha value is -3.15. The molecule has 0 spiro atoms. The number of ether oxygens (including phenoxy) is 2. The number of hydrogen-bond acceptors (Lipinski definition) is 6. The van der Waals surface area contributed by atoms with E-state index in [1.54, 1.807) is 0 Å². The van der Waals surface area contributed by atoms with Crippen molar-refractivity contribution in [3.05, 3.63) is 52.3 Å². The number of halogens is 6. The summed E-state index contributed by atoms with van der Waals surface area (Å²) < 4.78 is 77.9. The molecule has 1 aliphatic rings. The van der Waals surface area contributed by atoms with Gasteiger partial charge in [0, 0.05) is 29.8 Å². The van der Waals surface area contributed by atoms with Gasteiger partial charge in [0.1, 0.15) is 11.4 Å². The molecule has 1 aromatic heterocycles. The molecule has 0 unspecified atom stereocenters. The topological polar surface area (TPSA) is 98.8 Å². The van der Waals surface area contributed by atoms with Gasteiger partial charge in [-0.05, 0) is 13.0 Å². The summed E-state index contributed by atoms with van der Waals surface area (Å²) in [5, 5.41) is 2.21. The van der Waals surface area contributed by atoms with Gasteiger partial charge in [-0.1, -0.05) is 11.6 Å². The molecule has 172 valence electrons. The molecule has 0 fully saturated rings. The fourth-order valence-corrected chi connectivity index (χ4v) is 3.40. The molecule has 2 atom stereocenters. The number of rotatable bonds is 4. The molecule has 0 aliphatic carbocycles. The molecule has 3 rings (SSSR count). The SMILES string of the molecule is COc1cnc(C(=O)Nc2cc(F)c(F)c([C@@]3(C)C[C@@H](C(F)(F)F)OC(N)=N3)c2)c(Cl)c1. The number of aliphatic imine (C=N–C) groups is 1. The number of alkyl halides is 3. The van der Waals surface area contributed by atoms with Crippen molar-refractivity contribution in [2.45, 2.75) is 31.2 Å². The fourth-order valence-electron chi connectivity index (χ4n) is 3.16. The molecule has 2 aromatic rings. The molecule has 1 aromatic carbocycles. The van der Waals surface area contributed by atoms with Crippen LogP contribution >= 0.6 is 11.6 Å². The molecule has 0 saturated carbocycles. The van der Waals surface area contributed by atoms with Crippen LogP contribution in [0.5, 0.6) is 5.75 Å². The summed E-state index contributed by atoms with van der Waals surface area (Å²) >= 11 is 5.99.